The topological polar surface area (TPSA) is 110 Å². The summed E-state index contributed by atoms with van der Waals surface area (Å²) in [7, 11) is 0. The van der Waals surface area contributed by atoms with Crippen LogP contribution in [0.1, 0.15) is 10.5 Å². The molecule has 2 aromatic rings. The van der Waals surface area contributed by atoms with Gasteiger partial charge in [-0.05, 0) is 12.1 Å². The molecule has 0 aromatic carbocycles. The highest BCUT2D eigenvalue weighted by molar-refractivity contribution is 6.02. The Morgan fingerprint density at radius 1 is 1.40 bits per heavy atom. The highest BCUT2D eigenvalue weighted by atomic mass is 16.2. The molecule has 7 nitrogen and oxygen atoms in total. The second kappa shape index (κ2) is 3.74. The van der Waals surface area contributed by atoms with E-state index in [0.717, 1.165) is 0 Å². The Bertz CT molecular complexity index is 448. The number of nitrogens with one attached hydrogen (secondary N) is 2. The third-order valence-corrected chi connectivity index (χ3v) is 1.69. The van der Waals surface area contributed by atoms with Gasteiger partial charge in [0.25, 0.3) is 5.91 Å². The number of aromatic nitrogens is 4. The summed E-state index contributed by atoms with van der Waals surface area (Å²) in [6.45, 7) is 0. The first kappa shape index (κ1) is 9.13. The number of carbonyl (C=O) groups is 1. The molecule has 0 radical (unpaired) electrons. The van der Waals surface area contributed by atoms with Crippen LogP contribution >= 0.6 is 0 Å². The van der Waals surface area contributed by atoms with Crippen molar-refractivity contribution in [1.82, 2.24) is 20.4 Å². The van der Waals surface area contributed by atoms with Gasteiger partial charge in [0, 0.05) is 0 Å². The summed E-state index contributed by atoms with van der Waals surface area (Å²) < 4.78 is 0. The van der Waals surface area contributed by atoms with Crippen LogP contribution in [0.2, 0.25) is 0 Å². The van der Waals surface area contributed by atoms with Gasteiger partial charge in [-0.2, -0.15) is 15.4 Å². The molecule has 2 rings (SSSR count). The van der Waals surface area contributed by atoms with Crippen LogP contribution in [-0.2, 0) is 0 Å². The Labute approximate surface area is 84.7 Å². The van der Waals surface area contributed by atoms with Crippen molar-refractivity contribution in [3.05, 3.63) is 30.2 Å². The molecule has 2 aromatic heterocycles. The first-order valence-electron chi connectivity index (χ1n) is 4.14. The number of rotatable bonds is 2. The molecule has 76 valence electrons. The van der Waals surface area contributed by atoms with Gasteiger partial charge in [-0.1, -0.05) is 0 Å². The van der Waals surface area contributed by atoms with Crippen LogP contribution in [0.15, 0.2) is 24.5 Å². The molecule has 2 heterocycles. The Hall–Kier alpha value is -2.44. The standard InChI is InChI=1S/C8H8N6O/c9-7-2-1-5(3-10-7)12-8(15)6-4-11-14-13-6/h1-4H,(H2,9,10)(H,12,15)(H,11,13,14). The summed E-state index contributed by atoms with van der Waals surface area (Å²) in [5.41, 5.74) is 6.17. The fourth-order valence-corrected chi connectivity index (χ4v) is 0.985. The maximum atomic E-state index is 11.5. The van der Waals surface area contributed by atoms with Gasteiger partial charge in [0.2, 0.25) is 0 Å². The zero-order valence-electron chi connectivity index (χ0n) is 7.64. The van der Waals surface area contributed by atoms with E-state index < -0.39 is 0 Å². The minimum absolute atomic E-state index is 0.215. The molecular formula is C8H8N6O. The van der Waals surface area contributed by atoms with Crippen molar-refractivity contribution >= 4 is 17.4 Å². The summed E-state index contributed by atoms with van der Waals surface area (Å²) in [6, 6.07) is 3.25. The fourth-order valence-electron chi connectivity index (χ4n) is 0.985. The monoisotopic (exact) mass is 204 g/mol. The second-order valence-corrected chi connectivity index (χ2v) is 2.78. The third kappa shape index (κ3) is 2.08. The smallest absolute Gasteiger partial charge is 0.277 e. The van der Waals surface area contributed by atoms with Crippen molar-refractivity contribution in [3.63, 3.8) is 0 Å². The SMILES string of the molecule is Nc1ccc(NC(=O)c2cn[nH]n2)cn1. The molecule has 0 saturated heterocycles. The Kier molecular flexibility index (Phi) is 2.28. The number of nitrogen functional groups attached to an aromatic ring is 1. The lowest BCUT2D eigenvalue weighted by Crippen LogP contribution is -2.12. The number of pyridine rings is 1. The van der Waals surface area contributed by atoms with Crippen molar-refractivity contribution in [1.29, 1.82) is 0 Å². The van der Waals surface area contributed by atoms with E-state index in [0.29, 0.717) is 11.5 Å². The molecule has 0 aliphatic carbocycles. The summed E-state index contributed by atoms with van der Waals surface area (Å²) >= 11 is 0. The molecule has 0 fully saturated rings. The van der Waals surface area contributed by atoms with Crippen LogP contribution in [0.3, 0.4) is 0 Å². The van der Waals surface area contributed by atoms with Gasteiger partial charge in [-0.3, -0.25) is 4.79 Å². The Morgan fingerprint density at radius 2 is 2.27 bits per heavy atom. The first-order valence-corrected chi connectivity index (χ1v) is 4.14. The van der Waals surface area contributed by atoms with Crippen LogP contribution in [0.5, 0.6) is 0 Å². The van der Waals surface area contributed by atoms with E-state index in [9.17, 15) is 4.79 Å². The lowest BCUT2D eigenvalue weighted by atomic mass is 10.3. The van der Waals surface area contributed by atoms with Gasteiger partial charge in [0.05, 0.1) is 18.1 Å². The number of H-pyrrole nitrogens is 1. The van der Waals surface area contributed by atoms with E-state index >= 15 is 0 Å². The highest BCUT2D eigenvalue weighted by Gasteiger charge is 2.08. The number of nitrogens with zero attached hydrogens (tertiary/aromatic N) is 3. The summed E-state index contributed by atoms with van der Waals surface area (Å²) in [4.78, 5) is 15.3. The van der Waals surface area contributed by atoms with Gasteiger partial charge < -0.3 is 11.1 Å². The number of anilines is 2. The zero-order chi connectivity index (χ0) is 10.7. The van der Waals surface area contributed by atoms with Crippen molar-refractivity contribution in [2.75, 3.05) is 11.1 Å². The number of amides is 1. The third-order valence-electron chi connectivity index (χ3n) is 1.69. The fraction of sp³-hybridized carbons (Fsp3) is 0. The summed E-state index contributed by atoms with van der Waals surface area (Å²) in [5, 5.41) is 12.1. The van der Waals surface area contributed by atoms with E-state index in [4.69, 9.17) is 5.73 Å². The zero-order valence-corrected chi connectivity index (χ0v) is 7.64. The number of carbonyl (C=O) groups excluding carboxylic acids is 1. The lowest BCUT2D eigenvalue weighted by Gasteiger charge is -2.01. The number of hydrogen-bond acceptors (Lipinski definition) is 5. The predicted molar refractivity (Wildman–Crippen MR) is 53.0 cm³/mol. The van der Waals surface area contributed by atoms with Gasteiger partial charge in [0.15, 0.2) is 5.69 Å². The highest BCUT2D eigenvalue weighted by Crippen LogP contribution is 2.07. The van der Waals surface area contributed by atoms with E-state index in [-0.39, 0.29) is 11.6 Å². The molecule has 1 amide bonds. The molecule has 0 unspecified atom stereocenters. The molecular weight excluding hydrogens is 196 g/mol. The minimum Gasteiger partial charge on any atom is -0.384 e. The molecule has 7 heteroatoms. The van der Waals surface area contributed by atoms with E-state index in [2.05, 4.69) is 25.7 Å². The largest absolute Gasteiger partial charge is 0.384 e. The molecule has 4 N–H and O–H groups in total. The lowest BCUT2D eigenvalue weighted by molar-refractivity contribution is 0.102. The van der Waals surface area contributed by atoms with Crippen LogP contribution in [0, 0.1) is 0 Å². The maximum Gasteiger partial charge on any atom is 0.277 e. The maximum absolute atomic E-state index is 11.5. The van der Waals surface area contributed by atoms with E-state index in [1.807, 2.05) is 0 Å². The molecule has 0 spiro atoms. The van der Waals surface area contributed by atoms with Crippen LogP contribution in [-0.4, -0.2) is 26.3 Å². The number of nitrogens with two attached hydrogens (primary N) is 1. The van der Waals surface area contributed by atoms with Gasteiger partial charge in [-0.15, -0.1) is 0 Å². The first-order chi connectivity index (χ1) is 7.25. The molecule has 0 aliphatic rings. The molecule has 0 bridgehead atoms. The summed E-state index contributed by atoms with van der Waals surface area (Å²) in [6.07, 6.45) is 2.80. The quantitative estimate of drug-likeness (QED) is 0.639. The number of aromatic amines is 1. The Balaban J connectivity index is 2.09. The minimum atomic E-state index is -0.352. The van der Waals surface area contributed by atoms with Gasteiger partial charge in [0.1, 0.15) is 5.82 Å². The van der Waals surface area contributed by atoms with Crippen LogP contribution in [0.4, 0.5) is 11.5 Å². The van der Waals surface area contributed by atoms with Crippen molar-refractivity contribution in [2.24, 2.45) is 0 Å². The average molecular weight is 204 g/mol. The normalized spacial score (nSPS) is 9.87. The van der Waals surface area contributed by atoms with Crippen LogP contribution < -0.4 is 11.1 Å². The van der Waals surface area contributed by atoms with Crippen molar-refractivity contribution in [2.45, 2.75) is 0 Å². The van der Waals surface area contributed by atoms with Gasteiger partial charge >= 0.3 is 0 Å². The predicted octanol–water partition coefficient (Wildman–Crippen LogP) is 0.0342. The molecule has 0 saturated carbocycles. The molecule has 0 atom stereocenters. The summed E-state index contributed by atoms with van der Waals surface area (Å²) in [5.74, 6) is 0.0461. The second-order valence-electron chi connectivity index (χ2n) is 2.78. The van der Waals surface area contributed by atoms with Crippen LogP contribution in [0.25, 0.3) is 0 Å². The van der Waals surface area contributed by atoms with Crippen molar-refractivity contribution in [3.8, 4) is 0 Å². The van der Waals surface area contributed by atoms with Gasteiger partial charge in [-0.25, -0.2) is 4.98 Å². The van der Waals surface area contributed by atoms with Crippen molar-refractivity contribution < 1.29 is 4.79 Å². The average Bonchev–Trinajstić information content (AvgIpc) is 2.74. The van der Waals surface area contributed by atoms with E-state index in [1.54, 1.807) is 12.1 Å². The van der Waals surface area contributed by atoms with E-state index in [1.165, 1.54) is 12.4 Å². The Morgan fingerprint density at radius 3 is 2.87 bits per heavy atom. The number of hydrogen-bond donors (Lipinski definition) is 3. The molecule has 0 aliphatic heterocycles. The molecule has 15 heavy (non-hydrogen) atoms.